The van der Waals surface area contributed by atoms with Gasteiger partial charge in [-0.25, -0.2) is 4.79 Å². The molecule has 2 aliphatic heterocycles. The molecule has 1 amide bonds. The van der Waals surface area contributed by atoms with Gasteiger partial charge in [-0.1, -0.05) is 12.1 Å². The molecule has 152 valence electrons. The fourth-order valence-corrected chi connectivity index (χ4v) is 3.76. The van der Waals surface area contributed by atoms with Gasteiger partial charge in [0.1, 0.15) is 11.9 Å². The number of hydrogen-bond acceptors (Lipinski definition) is 5. The van der Waals surface area contributed by atoms with Crippen molar-refractivity contribution in [1.29, 1.82) is 0 Å². The lowest BCUT2D eigenvalue weighted by Gasteiger charge is -2.36. The van der Waals surface area contributed by atoms with Gasteiger partial charge >= 0.3 is 6.09 Å². The molecule has 1 aromatic carbocycles. The van der Waals surface area contributed by atoms with Gasteiger partial charge in [-0.15, -0.1) is 12.4 Å². The average molecular weight is 398 g/mol. The van der Waals surface area contributed by atoms with E-state index < -0.39 is 0 Å². The normalized spacial score (nSPS) is 20.7. The van der Waals surface area contributed by atoms with Crippen LogP contribution in [0, 0.1) is 0 Å². The second kappa shape index (κ2) is 10.0. The Hall–Kier alpha value is -1.66. The standard InChI is InChI=1S/C20H31N3O3.ClH/c1-16(2)23-15-17(26-20(23)25)7-5-6-10-21-11-13-22(14-12-21)18-8-3-4-9-19(18)24;/h3-4,8-9,16-17,24H,5-7,10-15H2,1-2H3;1H. The predicted octanol–water partition coefficient (Wildman–Crippen LogP) is 3.34. The number of rotatable bonds is 7. The van der Waals surface area contributed by atoms with Crippen LogP contribution in [-0.2, 0) is 4.74 Å². The number of carbonyl (C=O) groups is 1. The Kier molecular flexibility index (Phi) is 8.05. The molecule has 0 aromatic heterocycles. The van der Waals surface area contributed by atoms with Crippen LogP contribution in [0.25, 0.3) is 0 Å². The van der Waals surface area contributed by atoms with Crippen molar-refractivity contribution in [2.45, 2.75) is 45.3 Å². The summed E-state index contributed by atoms with van der Waals surface area (Å²) >= 11 is 0. The fraction of sp³-hybridized carbons (Fsp3) is 0.650. The molecule has 1 unspecified atom stereocenters. The molecule has 2 saturated heterocycles. The van der Waals surface area contributed by atoms with Crippen LogP contribution in [0.1, 0.15) is 33.1 Å². The summed E-state index contributed by atoms with van der Waals surface area (Å²) in [6.45, 7) is 9.81. The number of halogens is 1. The Labute approximate surface area is 168 Å². The van der Waals surface area contributed by atoms with Crippen LogP contribution >= 0.6 is 12.4 Å². The smallest absolute Gasteiger partial charge is 0.410 e. The lowest BCUT2D eigenvalue weighted by atomic mass is 10.1. The minimum atomic E-state index is -0.162. The monoisotopic (exact) mass is 397 g/mol. The van der Waals surface area contributed by atoms with E-state index in [0.717, 1.165) is 64.2 Å². The first kappa shape index (κ1) is 21.6. The highest BCUT2D eigenvalue weighted by Gasteiger charge is 2.32. The number of carbonyl (C=O) groups excluding carboxylic acids is 1. The van der Waals surface area contributed by atoms with E-state index in [9.17, 15) is 9.90 Å². The Morgan fingerprint density at radius 1 is 1.15 bits per heavy atom. The average Bonchev–Trinajstić information content (AvgIpc) is 3.01. The van der Waals surface area contributed by atoms with Crippen LogP contribution in [0.15, 0.2) is 24.3 Å². The number of amides is 1. The first-order chi connectivity index (χ1) is 12.5. The zero-order valence-electron chi connectivity index (χ0n) is 16.3. The van der Waals surface area contributed by atoms with Crippen LogP contribution in [0.5, 0.6) is 5.75 Å². The van der Waals surface area contributed by atoms with E-state index in [1.54, 1.807) is 6.07 Å². The van der Waals surface area contributed by atoms with E-state index in [4.69, 9.17) is 4.74 Å². The molecule has 1 atom stereocenters. The number of nitrogens with zero attached hydrogens (tertiary/aromatic N) is 3. The van der Waals surface area contributed by atoms with E-state index in [2.05, 4.69) is 9.80 Å². The fourth-order valence-electron chi connectivity index (χ4n) is 3.76. The maximum Gasteiger partial charge on any atom is 0.410 e. The van der Waals surface area contributed by atoms with Crippen molar-refractivity contribution in [3.05, 3.63) is 24.3 Å². The summed E-state index contributed by atoms with van der Waals surface area (Å²) in [6.07, 6.45) is 3.07. The Balaban J connectivity index is 0.00000261. The van der Waals surface area contributed by atoms with E-state index in [1.165, 1.54) is 0 Å². The van der Waals surface area contributed by atoms with Crippen molar-refractivity contribution in [3.8, 4) is 5.75 Å². The van der Waals surface area contributed by atoms with Crippen molar-refractivity contribution in [2.24, 2.45) is 0 Å². The van der Waals surface area contributed by atoms with E-state index in [-0.39, 0.29) is 30.6 Å². The zero-order chi connectivity index (χ0) is 18.5. The second-order valence-corrected chi connectivity index (χ2v) is 7.57. The van der Waals surface area contributed by atoms with Gasteiger partial charge in [-0.3, -0.25) is 4.90 Å². The SMILES string of the molecule is CC(C)N1CC(CCCCN2CCN(c3ccccc3O)CC2)OC1=O.Cl. The number of unbranched alkanes of at least 4 members (excludes halogenated alkanes) is 1. The molecule has 3 rings (SSSR count). The minimum Gasteiger partial charge on any atom is -0.506 e. The van der Waals surface area contributed by atoms with Crippen molar-refractivity contribution < 1.29 is 14.6 Å². The molecule has 0 radical (unpaired) electrons. The van der Waals surface area contributed by atoms with E-state index in [1.807, 2.05) is 36.9 Å². The molecule has 6 nitrogen and oxygen atoms in total. The third-order valence-corrected chi connectivity index (χ3v) is 5.37. The predicted molar refractivity (Wildman–Crippen MR) is 110 cm³/mol. The van der Waals surface area contributed by atoms with Gasteiger partial charge in [-0.05, 0) is 51.8 Å². The summed E-state index contributed by atoms with van der Waals surface area (Å²) in [7, 11) is 0. The summed E-state index contributed by atoms with van der Waals surface area (Å²) in [4.78, 5) is 18.3. The first-order valence-electron chi connectivity index (χ1n) is 9.77. The van der Waals surface area contributed by atoms with Crippen LogP contribution in [0.3, 0.4) is 0 Å². The Morgan fingerprint density at radius 3 is 2.48 bits per heavy atom. The molecule has 0 spiro atoms. The van der Waals surface area contributed by atoms with Gasteiger partial charge in [-0.2, -0.15) is 0 Å². The molecule has 2 aliphatic rings. The van der Waals surface area contributed by atoms with Gasteiger partial charge in [0.05, 0.1) is 12.2 Å². The summed E-state index contributed by atoms with van der Waals surface area (Å²) in [5.74, 6) is 0.363. The molecule has 7 heteroatoms. The van der Waals surface area contributed by atoms with Gasteiger partial charge in [0.25, 0.3) is 0 Å². The third-order valence-electron chi connectivity index (χ3n) is 5.37. The topological polar surface area (TPSA) is 56.3 Å². The molecule has 2 fully saturated rings. The second-order valence-electron chi connectivity index (χ2n) is 7.57. The highest BCUT2D eigenvalue weighted by molar-refractivity contribution is 5.85. The van der Waals surface area contributed by atoms with Crippen molar-refractivity contribution >= 4 is 24.2 Å². The summed E-state index contributed by atoms with van der Waals surface area (Å²) in [5, 5.41) is 9.98. The van der Waals surface area contributed by atoms with Crippen LogP contribution < -0.4 is 4.90 Å². The number of hydrogen-bond donors (Lipinski definition) is 1. The zero-order valence-corrected chi connectivity index (χ0v) is 17.2. The number of para-hydroxylation sites is 2. The Bertz CT molecular complexity index is 606. The molecular weight excluding hydrogens is 366 g/mol. The quantitative estimate of drug-likeness (QED) is 0.715. The lowest BCUT2D eigenvalue weighted by molar-refractivity contribution is 0.124. The Morgan fingerprint density at radius 2 is 1.85 bits per heavy atom. The molecule has 1 N–H and O–H groups in total. The van der Waals surface area contributed by atoms with E-state index >= 15 is 0 Å². The number of aromatic hydroxyl groups is 1. The van der Waals surface area contributed by atoms with Crippen molar-refractivity contribution in [1.82, 2.24) is 9.80 Å². The largest absolute Gasteiger partial charge is 0.506 e. The third kappa shape index (κ3) is 5.66. The lowest BCUT2D eigenvalue weighted by Crippen LogP contribution is -2.46. The number of phenols is 1. The highest BCUT2D eigenvalue weighted by atomic mass is 35.5. The number of anilines is 1. The molecule has 27 heavy (non-hydrogen) atoms. The van der Waals surface area contributed by atoms with Crippen LogP contribution in [-0.4, -0.2) is 72.4 Å². The summed E-state index contributed by atoms with van der Waals surface area (Å²) < 4.78 is 5.44. The number of piperazine rings is 1. The van der Waals surface area contributed by atoms with Gasteiger partial charge < -0.3 is 19.6 Å². The molecule has 1 aromatic rings. The van der Waals surface area contributed by atoms with Crippen molar-refractivity contribution in [2.75, 3.05) is 44.2 Å². The molecule has 0 saturated carbocycles. The van der Waals surface area contributed by atoms with Gasteiger partial charge in [0.2, 0.25) is 0 Å². The minimum absolute atomic E-state index is 0. The van der Waals surface area contributed by atoms with Gasteiger partial charge in [0, 0.05) is 32.2 Å². The summed E-state index contributed by atoms with van der Waals surface area (Å²) in [5.41, 5.74) is 0.935. The number of benzene rings is 1. The van der Waals surface area contributed by atoms with Crippen LogP contribution in [0.2, 0.25) is 0 Å². The molecule has 0 aliphatic carbocycles. The molecule has 0 bridgehead atoms. The maximum atomic E-state index is 11.8. The molecular formula is C20H32ClN3O3. The number of ether oxygens (including phenoxy) is 1. The highest BCUT2D eigenvalue weighted by Crippen LogP contribution is 2.27. The first-order valence-corrected chi connectivity index (χ1v) is 9.77. The number of phenolic OH excluding ortho intramolecular Hbond substituents is 1. The van der Waals surface area contributed by atoms with Crippen molar-refractivity contribution in [3.63, 3.8) is 0 Å². The molecule has 2 heterocycles. The van der Waals surface area contributed by atoms with Gasteiger partial charge in [0.15, 0.2) is 0 Å². The van der Waals surface area contributed by atoms with E-state index in [0.29, 0.717) is 5.75 Å². The summed E-state index contributed by atoms with van der Waals surface area (Å²) in [6, 6.07) is 7.77. The van der Waals surface area contributed by atoms with Crippen LogP contribution in [0.4, 0.5) is 10.5 Å². The maximum absolute atomic E-state index is 11.8. The number of cyclic esters (lactones) is 1.